The van der Waals surface area contributed by atoms with E-state index in [1.807, 2.05) is 0 Å². The summed E-state index contributed by atoms with van der Waals surface area (Å²) >= 11 is 0. The van der Waals surface area contributed by atoms with Gasteiger partial charge in [0.05, 0.1) is 26.7 Å². The molecule has 0 amide bonds. The monoisotopic (exact) mass is 170 g/mol. The molecule has 0 saturated heterocycles. The summed E-state index contributed by atoms with van der Waals surface area (Å²) < 4.78 is 1.24. The lowest BCUT2D eigenvalue weighted by Gasteiger charge is -2.36. The Kier molecular flexibility index (Phi) is 3.57. The molecule has 0 unspecified atom stereocenters. The van der Waals surface area contributed by atoms with Gasteiger partial charge in [0.2, 0.25) is 0 Å². The molecule has 0 aromatic rings. The SMILES string of the molecule is CC[N+](C)(C)C1CCCCCC1. The van der Waals surface area contributed by atoms with E-state index in [2.05, 4.69) is 21.0 Å². The van der Waals surface area contributed by atoms with Crippen molar-refractivity contribution in [1.29, 1.82) is 0 Å². The van der Waals surface area contributed by atoms with Crippen LogP contribution in [0.25, 0.3) is 0 Å². The lowest BCUT2D eigenvalue weighted by atomic mass is 10.1. The highest BCUT2D eigenvalue weighted by Gasteiger charge is 2.26. The highest BCUT2D eigenvalue weighted by molar-refractivity contribution is 4.64. The van der Waals surface area contributed by atoms with Gasteiger partial charge in [-0.1, -0.05) is 12.8 Å². The number of rotatable bonds is 2. The highest BCUT2D eigenvalue weighted by atomic mass is 15.3. The van der Waals surface area contributed by atoms with Crippen molar-refractivity contribution in [2.24, 2.45) is 0 Å². The zero-order valence-electron chi connectivity index (χ0n) is 8.97. The number of hydrogen-bond donors (Lipinski definition) is 0. The molecule has 1 aliphatic carbocycles. The van der Waals surface area contributed by atoms with Gasteiger partial charge in [0.25, 0.3) is 0 Å². The average Bonchev–Trinajstić information content (AvgIpc) is 2.32. The van der Waals surface area contributed by atoms with Gasteiger partial charge in [-0.15, -0.1) is 0 Å². The molecule has 0 N–H and O–H groups in total. The van der Waals surface area contributed by atoms with E-state index < -0.39 is 0 Å². The fourth-order valence-corrected chi connectivity index (χ4v) is 2.21. The van der Waals surface area contributed by atoms with Gasteiger partial charge >= 0.3 is 0 Å². The Morgan fingerprint density at radius 1 is 1.00 bits per heavy atom. The predicted octanol–water partition coefficient (Wildman–Crippen LogP) is 2.81. The molecule has 12 heavy (non-hydrogen) atoms. The van der Waals surface area contributed by atoms with Gasteiger partial charge in [-0.25, -0.2) is 0 Å². The molecular formula is C11H24N+. The van der Waals surface area contributed by atoms with Crippen LogP contribution in [-0.4, -0.2) is 31.2 Å². The molecule has 1 nitrogen and oxygen atoms in total. The van der Waals surface area contributed by atoms with Crippen LogP contribution < -0.4 is 0 Å². The molecule has 0 atom stereocenters. The third kappa shape index (κ3) is 2.48. The third-order valence-electron chi connectivity index (χ3n) is 3.63. The number of quaternary nitrogens is 1. The molecule has 1 aliphatic rings. The lowest BCUT2D eigenvalue weighted by molar-refractivity contribution is -0.914. The first-order valence-electron chi connectivity index (χ1n) is 5.49. The highest BCUT2D eigenvalue weighted by Crippen LogP contribution is 2.24. The normalized spacial score (nSPS) is 22.2. The maximum Gasteiger partial charge on any atom is 0.0886 e. The van der Waals surface area contributed by atoms with E-state index in [4.69, 9.17) is 0 Å². The van der Waals surface area contributed by atoms with Gasteiger partial charge < -0.3 is 4.48 Å². The van der Waals surface area contributed by atoms with E-state index in [0.29, 0.717) is 0 Å². The van der Waals surface area contributed by atoms with Crippen molar-refractivity contribution in [1.82, 2.24) is 0 Å². The van der Waals surface area contributed by atoms with E-state index in [-0.39, 0.29) is 0 Å². The summed E-state index contributed by atoms with van der Waals surface area (Å²) in [5.41, 5.74) is 0. The summed E-state index contributed by atoms with van der Waals surface area (Å²) in [7, 11) is 4.77. The van der Waals surface area contributed by atoms with Gasteiger partial charge in [-0.2, -0.15) is 0 Å². The fraction of sp³-hybridized carbons (Fsp3) is 1.00. The van der Waals surface area contributed by atoms with Gasteiger partial charge in [0.15, 0.2) is 0 Å². The lowest BCUT2D eigenvalue weighted by Crippen LogP contribution is -2.48. The quantitative estimate of drug-likeness (QED) is 0.441. The molecule has 0 aromatic carbocycles. The predicted molar refractivity (Wildman–Crippen MR) is 54.1 cm³/mol. The summed E-state index contributed by atoms with van der Waals surface area (Å²) in [4.78, 5) is 0. The zero-order chi connectivity index (χ0) is 9.03. The molecule has 0 aliphatic heterocycles. The minimum Gasteiger partial charge on any atom is -0.326 e. The van der Waals surface area contributed by atoms with Crippen molar-refractivity contribution in [3.63, 3.8) is 0 Å². The first-order chi connectivity index (χ1) is 5.67. The Bertz CT molecular complexity index is 121. The Morgan fingerprint density at radius 3 is 1.92 bits per heavy atom. The molecule has 1 heteroatoms. The van der Waals surface area contributed by atoms with Crippen LogP contribution in [0.5, 0.6) is 0 Å². The first kappa shape index (κ1) is 10.0. The van der Waals surface area contributed by atoms with Crippen molar-refractivity contribution >= 4 is 0 Å². The molecule has 0 radical (unpaired) electrons. The van der Waals surface area contributed by atoms with Crippen LogP contribution >= 0.6 is 0 Å². The molecule has 0 heterocycles. The number of hydrogen-bond acceptors (Lipinski definition) is 0. The van der Waals surface area contributed by atoms with E-state index in [0.717, 1.165) is 6.04 Å². The van der Waals surface area contributed by atoms with Crippen LogP contribution in [0.3, 0.4) is 0 Å². The van der Waals surface area contributed by atoms with E-state index in [1.54, 1.807) is 0 Å². The van der Waals surface area contributed by atoms with E-state index in [1.165, 1.54) is 49.6 Å². The van der Waals surface area contributed by atoms with Crippen LogP contribution in [0.4, 0.5) is 0 Å². The molecule has 72 valence electrons. The minimum atomic E-state index is 0.942. The second-order valence-electron chi connectivity index (χ2n) is 4.74. The maximum absolute atomic E-state index is 2.38. The van der Waals surface area contributed by atoms with Crippen molar-refractivity contribution in [3.8, 4) is 0 Å². The second kappa shape index (κ2) is 4.27. The Balaban J connectivity index is 2.47. The second-order valence-corrected chi connectivity index (χ2v) is 4.74. The van der Waals surface area contributed by atoms with Crippen LogP contribution in [0.15, 0.2) is 0 Å². The van der Waals surface area contributed by atoms with Gasteiger partial charge in [-0.05, 0) is 32.6 Å². The molecular weight excluding hydrogens is 146 g/mol. The topological polar surface area (TPSA) is 0 Å². The van der Waals surface area contributed by atoms with Gasteiger partial charge in [0, 0.05) is 0 Å². The van der Waals surface area contributed by atoms with Gasteiger partial charge in [-0.3, -0.25) is 0 Å². The third-order valence-corrected chi connectivity index (χ3v) is 3.63. The van der Waals surface area contributed by atoms with Crippen molar-refractivity contribution in [2.75, 3.05) is 20.6 Å². The molecule has 0 aromatic heterocycles. The first-order valence-corrected chi connectivity index (χ1v) is 5.49. The fourth-order valence-electron chi connectivity index (χ4n) is 2.21. The summed E-state index contributed by atoms with van der Waals surface area (Å²) in [5.74, 6) is 0. The summed E-state index contributed by atoms with van der Waals surface area (Å²) in [6.45, 7) is 3.59. The molecule has 0 spiro atoms. The van der Waals surface area contributed by atoms with Gasteiger partial charge in [0.1, 0.15) is 0 Å². The van der Waals surface area contributed by atoms with Crippen molar-refractivity contribution in [2.45, 2.75) is 51.5 Å². The van der Waals surface area contributed by atoms with E-state index >= 15 is 0 Å². The van der Waals surface area contributed by atoms with Crippen LogP contribution in [-0.2, 0) is 0 Å². The Labute approximate surface area is 77.4 Å². The minimum absolute atomic E-state index is 0.942. The zero-order valence-corrected chi connectivity index (χ0v) is 8.97. The van der Waals surface area contributed by atoms with Crippen LogP contribution in [0.1, 0.15) is 45.4 Å². The molecule has 1 saturated carbocycles. The summed E-state index contributed by atoms with van der Waals surface area (Å²) in [6, 6.07) is 0.942. The molecule has 1 fully saturated rings. The molecule has 0 bridgehead atoms. The summed E-state index contributed by atoms with van der Waals surface area (Å²) in [5, 5.41) is 0. The molecule has 1 rings (SSSR count). The van der Waals surface area contributed by atoms with Crippen molar-refractivity contribution < 1.29 is 4.48 Å². The van der Waals surface area contributed by atoms with E-state index in [9.17, 15) is 0 Å². The maximum atomic E-state index is 2.38. The summed E-state index contributed by atoms with van der Waals surface area (Å²) in [6.07, 6.45) is 8.79. The van der Waals surface area contributed by atoms with Crippen molar-refractivity contribution in [3.05, 3.63) is 0 Å². The van der Waals surface area contributed by atoms with Crippen LogP contribution in [0.2, 0.25) is 0 Å². The Morgan fingerprint density at radius 2 is 1.50 bits per heavy atom. The Hall–Kier alpha value is -0.0400. The smallest absolute Gasteiger partial charge is 0.0886 e. The largest absolute Gasteiger partial charge is 0.326 e. The standard InChI is InChI=1S/C11H24N/c1-4-12(2,3)11-9-7-5-6-8-10-11/h11H,4-10H2,1-3H3/q+1. The van der Waals surface area contributed by atoms with Crippen LogP contribution in [0, 0.1) is 0 Å². The average molecular weight is 170 g/mol. The number of nitrogens with zero attached hydrogens (tertiary/aromatic N) is 1.